The van der Waals surface area contributed by atoms with Crippen LogP contribution in [0.25, 0.3) is 0 Å². The maximum Gasteiger partial charge on any atom is 0.137 e. The van der Waals surface area contributed by atoms with Gasteiger partial charge in [0.2, 0.25) is 0 Å². The SMILES string of the molecule is CC(=O)C(C/C=C\CCl)c1ccccc1. The maximum atomic E-state index is 11.5. The van der Waals surface area contributed by atoms with E-state index in [0.29, 0.717) is 5.88 Å². The molecule has 0 amide bonds. The van der Waals surface area contributed by atoms with E-state index in [0.717, 1.165) is 12.0 Å². The van der Waals surface area contributed by atoms with E-state index in [4.69, 9.17) is 11.6 Å². The molecule has 0 aromatic heterocycles. The number of hydrogen-bond acceptors (Lipinski definition) is 1. The van der Waals surface area contributed by atoms with Crippen molar-refractivity contribution in [2.45, 2.75) is 19.3 Å². The summed E-state index contributed by atoms with van der Waals surface area (Å²) in [5.74, 6) is 0.658. The molecule has 2 heteroatoms. The molecule has 0 N–H and O–H groups in total. The predicted octanol–water partition coefficient (Wildman–Crippen LogP) is 3.54. The number of rotatable bonds is 5. The molecule has 0 aliphatic carbocycles. The molecule has 0 aliphatic rings. The first-order chi connectivity index (χ1) is 7.25. The van der Waals surface area contributed by atoms with Crippen molar-refractivity contribution < 1.29 is 4.79 Å². The molecule has 0 fully saturated rings. The molecule has 0 spiro atoms. The average molecular weight is 223 g/mol. The van der Waals surface area contributed by atoms with Crippen LogP contribution in [-0.2, 0) is 4.79 Å². The van der Waals surface area contributed by atoms with Crippen molar-refractivity contribution in [1.82, 2.24) is 0 Å². The lowest BCUT2D eigenvalue weighted by molar-refractivity contribution is -0.118. The molecule has 0 aliphatic heterocycles. The summed E-state index contributed by atoms with van der Waals surface area (Å²) in [4.78, 5) is 11.5. The van der Waals surface area contributed by atoms with Gasteiger partial charge in [0.15, 0.2) is 0 Å². The normalized spacial score (nSPS) is 12.9. The molecule has 0 saturated heterocycles. The smallest absolute Gasteiger partial charge is 0.137 e. The number of carbonyl (C=O) groups is 1. The van der Waals surface area contributed by atoms with E-state index in [2.05, 4.69) is 0 Å². The van der Waals surface area contributed by atoms with Crippen LogP contribution in [0.2, 0.25) is 0 Å². The Kier molecular flexibility index (Phi) is 5.13. The summed E-state index contributed by atoms with van der Waals surface area (Å²) >= 11 is 5.54. The van der Waals surface area contributed by atoms with Crippen LogP contribution >= 0.6 is 11.6 Å². The quantitative estimate of drug-likeness (QED) is 0.550. The van der Waals surface area contributed by atoms with Crippen LogP contribution in [0.15, 0.2) is 42.5 Å². The zero-order valence-corrected chi connectivity index (χ0v) is 9.58. The lowest BCUT2D eigenvalue weighted by atomic mass is 9.92. The van der Waals surface area contributed by atoms with Crippen LogP contribution in [0, 0.1) is 0 Å². The van der Waals surface area contributed by atoms with Crippen molar-refractivity contribution in [2.75, 3.05) is 5.88 Å². The molecule has 80 valence electrons. The first-order valence-electron chi connectivity index (χ1n) is 5.02. The summed E-state index contributed by atoms with van der Waals surface area (Å²) < 4.78 is 0. The van der Waals surface area contributed by atoms with E-state index < -0.39 is 0 Å². The molecule has 15 heavy (non-hydrogen) atoms. The van der Waals surface area contributed by atoms with Crippen molar-refractivity contribution in [3.8, 4) is 0 Å². The van der Waals surface area contributed by atoms with Crippen molar-refractivity contribution in [3.05, 3.63) is 48.0 Å². The van der Waals surface area contributed by atoms with E-state index in [1.807, 2.05) is 42.5 Å². The zero-order valence-electron chi connectivity index (χ0n) is 8.82. The minimum absolute atomic E-state index is 0.0364. The summed E-state index contributed by atoms with van der Waals surface area (Å²) in [6.07, 6.45) is 4.57. The molecule has 0 radical (unpaired) electrons. The molecule has 0 bridgehead atoms. The number of halogens is 1. The second-order valence-electron chi connectivity index (χ2n) is 3.44. The minimum atomic E-state index is -0.0364. The monoisotopic (exact) mass is 222 g/mol. The first-order valence-corrected chi connectivity index (χ1v) is 5.55. The largest absolute Gasteiger partial charge is 0.299 e. The summed E-state index contributed by atoms with van der Waals surface area (Å²) in [5, 5.41) is 0. The lowest BCUT2D eigenvalue weighted by Gasteiger charge is -2.11. The van der Waals surface area contributed by atoms with Crippen molar-refractivity contribution in [1.29, 1.82) is 0 Å². The summed E-state index contributed by atoms with van der Waals surface area (Å²) in [6.45, 7) is 1.63. The third-order valence-corrected chi connectivity index (χ3v) is 2.50. The van der Waals surface area contributed by atoms with Crippen molar-refractivity contribution >= 4 is 17.4 Å². The third-order valence-electron chi connectivity index (χ3n) is 2.32. The lowest BCUT2D eigenvalue weighted by Crippen LogP contribution is -2.07. The van der Waals surface area contributed by atoms with Crippen molar-refractivity contribution in [3.63, 3.8) is 0 Å². The number of benzene rings is 1. The number of Topliss-reactive ketones (excluding diaryl/α,β-unsaturated/α-hetero) is 1. The van der Waals surface area contributed by atoms with Crippen LogP contribution in [0.3, 0.4) is 0 Å². The Bertz CT molecular complexity index is 330. The maximum absolute atomic E-state index is 11.5. The van der Waals surface area contributed by atoms with E-state index in [1.165, 1.54) is 0 Å². The van der Waals surface area contributed by atoms with E-state index in [-0.39, 0.29) is 11.7 Å². The standard InChI is InChI=1S/C13H15ClO/c1-11(15)13(9-5-6-10-14)12-7-3-2-4-8-12/h2-8,13H,9-10H2,1H3/b6-5-. The van der Waals surface area contributed by atoms with Crippen molar-refractivity contribution in [2.24, 2.45) is 0 Å². The highest BCUT2D eigenvalue weighted by atomic mass is 35.5. The molecule has 1 aromatic carbocycles. The molecule has 1 nitrogen and oxygen atoms in total. The highest BCUT2D eigenvalue weighted by Crippen LogP contribution is 2.20. The van der Waals surface area contributed by atoms with Gasteiger partial charge in [-0.15, -0.1) is 11.6 Å². The molecule has 1 aromatic rings. The summed E-state index contributed by atoms with van der Waals surface area (Å²) in [6, 6.07) is 9.84. The first kappa shape index (κ1) is 12.0. The molecular weight excluding hydrogens is 208 g/mol. The fourth-order valence-corrected chi connectivity index (χ4v) is 1.64. The van der Waals surface area contributed by atoms with Gasteiger partial charge in [0, 0.05) is 11.8 Å². The molecule has 1 atom stereocenters. The molecule has 1 unspecified atom stereocenters. The Morgan fingerprint density at radius 3 is 2.53 bits per heavy atom. The van der Waals surface area contributed by atoms with Crippen LogP contribution in [-0.4, -0.2) is 11.7 Å². The Hall–Kier alpha value is -1.08. The van der Waals surface area contributed by atoms with Crippen LogP contribution in [0.5, 0.6) is 0 Å². The van der Waals surface area contributed by atoms with Gasteiger partial charge in [-0.1, -0.05) is 42.5 Å². The highest BCUT2D eigenvalue weighted by Gasteiger charge is 2.14. The van der Waals surface area contributed by atoms with Gasteiger partial charge in [-0.05, 0) is 18.9 Å². The fraction of sp³-hybridized carbons (Fsp3) is 0.308. The van der Waals surface area contributed by atoms with Gasteiger partial charge in [0.1, 0.15) is 5.78 Å². The number of carbonyl (C=O) groups excluding carboxylic acids is 1. The molecule has 0 heterocycles. The van der Waals surface area contributed by atoms with Gasteiger partial charge in [-0.2, -0.15) is 0 Å². The van der Waals surface area contributed by atoms with Crippen LogP contribution in [0.4, 0.5) is 0 Å². The Morgan fingerprint density at radius 1 is 1.33 bits per heavy atom. The topological polar surface area (TPSA) is 17.1 Å². The number of ketones is 1. The molecule has 0 saturated carbocycles. The molecular formula is C13H15ClO. The van der Waals surface area contributed by atoms with Gasteiger partial charge < -0.3 is 0 Å². The van der Waals surface area contributed by atoms with Gasteiger partial charge in [0.25, 0.3) is 0 Å². The number of allylic oxidation sites excluding steroid dienone is 2. The predicted molar refractivity (Wildman–Crippen MR) is 64.3 cm³/mol. The van der Waals surface area contributed by atoms with Gasteiger partial charge >= 0.3 is 0 Å². The Labute approximate surface area is 95.8 Å². The second kappa shape index (κ2) is 6.41. The Balaban J connectivity index is 2.75. The van der Waals surface area contributed by atoms with Gasteiger partial charge in [-0.25, -0.2) is 0 Å². The zero-order chi connectivity index (χ0) is 11.1. The van der Waals surface area contributed by atoms with Gasteiger partial charge in [0.05, 0.1) is 0 Å². The average Bonchev–Trinajstić information content (AvgIpc) is 2.25. The summed E-state index contributed by atoms with van der Waals surface area (Å²) in [5.41, 5.74) is 1.07. The second-order valence-corrected chi connectivity index (χ2v) is 3.74. The third kappa shape index (κ3) is 3.88. The minimum Gasteiger partial charge on any atom is -0.299 e. The van der Waals surface area contributed by atoms with E-state index in [1.54, 1.807) is 6.92 Å². The highest BCUT2D eigenvalue weighted by molar-refractivity contribution is 6.18. The molecule has 1 rings (SSSR count). The fourth-order valence-electron chi connectivity index (χ4n) is 1.52. The van der Waals surface area contributed by atoms with E-state index >= 15 is 0 Å². The van der Waals surface area contributed by atoms with Crippen LogP contribution in [0.1, 0.15) is 24.8 Å². The van der Waals surface area contributed by atoms with Crippen LogP contribution < -0.4 is 0 Å². The number of hydrogen-bond donors (Lipinski definition) is 0. The summed E-state index contributed by atoms with van der Waals surface area (Å²) in [7, 11) is 0. The van der Waals surface area contributed by atoms with Gasteiger partial charge in [-0.3, -0.25) is 4.79 Å². The van der Waals surface area contributed by atoms with E-state index in [9.17, 15) is 4.79 Å². The Morgan fingerprint density at radius 2 is 2.00 bits per heavy atom. The number of alkyl halides is 1.